The summed E-state index contributed by atoms with van der Waals surface area (Å²) in [6.07, 6.45) is 0.847. The van der Waals surface area contributed by atoms with E-state index in [-0.39, 0.29) is 23.7 Å². The molecule has 0 saturated heterocycles. The Hall–Kier alpha value is -2.68. The summed E-state index contributed by atoms with van der Waals surface area (Å²) in [7, 11) is 0. The van der Waals surface area contributed by atoms with Gasteiger partial charge in [-0.25, -0.2) is 5.43 Å². The molecule has 6 nitrogen and oxygen atoms in total. The van der Waals surface area contributed by atoms with E-state index in [9.17, 15) is 9.59 Å². The maximum atomic E-state index is 11.9. The lowest BCUT2D eigenvalue weighted by molar-refractivity contribution is -0.123. The zero-order valence-electron chi connectivity index (χ0n) is 12.4. The van der Waals surface area contributed by atoms with Gasteiger partial charge >= 0.3 is 0 Å². The summed E-state index contributed by atoms with van der Waals surface area (Å²) in [5, 5.41) is 15.8. The summed E-state index contributed by atoms with van der Waals surface area (Å²) in [5.41, 5.74) is 3.92. The third-order valence-corrected chi connectivity index (χ3v) is 4.05. The Bertz CT molecular complexity index is 713. The first-order valence-electron chi connectivity index (χ1n) is 7.13. The third kappa shape index (κ3) is 2.46. The van der Waals surface area contributed by atoms with Gasteiger partial charge in [-0.15, -0.1) is 0 Å². The van der Waals surface area contributed by atoms with E-state index in [0.29, 0.717) is 5.69 Å². The molecule has 1 heterocycles. The Kier molecular flexibility index (Phi) is 3.21. The molecule has 2 N–H and O–H groups in total. The van der Waals surface area contributed by atoms with Gasteiger partial charge < -0.3 is 5.32 Å². The lowest BCUT2D eigenvalue weighted by Gasteiger charge is -2.16. The molecule has 0 radical (unpaired) electrons. The molecular formula is C16H16N4O2. The summed E-state index contributed by atoms with van der Waals surface area (Å²) < 4.78 is 0. The van der Waals surface area contributed by atoms with Gasteiger partial charge in [-0.2, -0.15) is 10.4 Å². The van der Waals surface area contributed by atoms with Crippen molar-refractivity contribution in [3.05, 3.63) is 29.8 Å². The molecule has 1 fully saturated rings. The van der Waals surface area contributed by atoms with Crippen molar-refractivity contribution < 1.29 is 9.59 Å². The first-order valence-corrected chi connectivity index (χ1v) is 7.13. The number of nitriles is 1. The standard InChI is InChI=1S/C16H16N4O2/c1-16(2,8-17)15(22)18-10-5-3-9(4-6-10)13-11-7-12(11)14(21)20-19-13/h3-6,11-12H,7H2,1-2H3,(H,18,22)(H,20,21). The van der Waals surface area contributed by atoms with Crippen molar-refractivity contribution in [1.29, 1.82) is 5.26 Å². The number of hydrogen-bond donors (Lipinski definition) is 2. The number of carbonyl (C=O) groups excluding carboxylic acids is 2. The molecule has 1 aliphatic heterocycles. The van der Waals surface area contributed by atoms with Crippen molar-refractivity contribution in [3.63, 3.8) is 0 Å². The number of nitrogens with one attached hydrogen (secondary N) is 2. The maximum absolute atomic E-state index is 11.9. The van der Waals surface area contributed by atoms with E-state index in [1.54, 1.807) is 26.0 Å². The first-order chi connectivity index (χ1) is 10.4. The monoisotopic (exact) mass is 296 g/mol. The van der Waals surface area contributed by atoms with E-state index in [0.717, 1.165) is 17.7 Å². The molecule has 0 aromatic heterocycles. The molecule has 2 unspecified atom stereocenters. The summed E-state index contributed by atoms with van der Waals surface area (Å²) in [4.78, 5) is 23.4. The Morgan fingerprint density at radius 2 is 2.05 bits per heavy atom. The van der Waals surface area contributed by atoms with E-state index < -0.39 is 5.41 Å². The number of benzene rings is 1. The van der Waals surface area contributed by atoms with E-state index >= 15 is 0 Å². The van der Waals surface area contributed by atoms with Crippen LogP contribution in [-0.4, -0.2) is 17.5 Å². The molecule has 2 atom stereocenters. The molecule has 2 aliphatic rings. The Balaban J connectivity index is 1.73. The van der Waals surface area contributed by atoms with Gasteiger partial charge in [0.2, 0.25) is 11.8 Å². The highest BCUT2D eigenvalue weighted by atomic mass is 16.2. The van der Waals surface area contributed by atoms with Crippen LogP contribution in [0.2, 0.25) is 0 Å². The van der Waals surface area contributed by atoms with Crippen molar-refractivity contribution >= 4 is 23.2 Å². The van der Waals surface area contributed by atoms with Gasteiger partial charge in [0.05, 0.1) is 11.8 Å². The molecule has 6 heteroatoms. The van der Waals surface area contributed by atoms with Gasteiger partial charge in [0.15, 0.2) is 0 Å². The summed E-state index contributed by atoms with van der Waals surface area (Å²) in [6.45, 7) is 3.15. The van der Waals surface area contributed by atoms with Crippen LogP contribution in [-0.2, 0) is 9.59 Å². The molecule has 0 spiro atoms. The van der Waals surface area contributed by atoms with Crippen molar-refractivity contribution in [2.24, 2.45) is 22.4 Å². The Labute approximate surface area is 128 Å². The Morgan fingerprint density at radius 1 is 1.36 bits per heavy atom. The molecule has 1 saturated carbocycles. The summed E-state index contributed by atoms with van der Waals surface area (Å²) >= 11 is 0. The van der Waals surface area contributed by atoms with E-state index in [1.807, 2.05) is 18.2 Å². The van der Waals surface area contributed by atoms with Crippen LogP contribution in [0.4, 0.5) is 5.69 Å². The number of carbonyl (C=O) groups is 2. The molecule has 112 valence electrons. The summed E-state index contributed by atoms with van der Waals surface area (Å²) in [6, 6.07) is 9.24. The highest BCUT2D eigenvalue weighted by Gasteiger charge is 2.49. The average molecular weight is 296 g/mol. The van der Waals surface area contributed by atoms with Gasteiger partial charge in [-0.05, 0) is 38.0 Å². The van der Waals surface area contributed by atoms with Crippen LogP contribution >= 0.6 is 0 Å². The van der Waals surface area contributed by atoms with E-state index in [4.69, 9.17) is 5.26 Å². The molecule has 0 bridgehead atoms. The van der Waals surface area contributed by atoms with Crippen LogP contribution in [0.15, 0.2) is 29.4 Å². The fourth-order valence-electron chi connectivity index (χ4n) is 2.41. The number of rotatable bonds is 3. The predicted molar refractivity (Wildman–Crippen MR) is 80.7 cm³/mol. The normalized spacial score (nSPS) is 22.8. The molecule has 22 heavy (non-hydrogen) atoms. The van der Waals surface area contributed by atoms with Crippen molar-refractivity contribution in [3.8, 4) is 6.07 Å². The van der Waals surface area contributed by atoms with Crippen LogP contribution in [0.25, 0.3) is 0 Å². The van der Waals surface area contributed by atoms with E-state index in [1.165, 1.54) is 0 Å². The average Bonchev–Trinajstić information content (AvgIpc) is 3.30. The lowest BCUT2D eigenvalue weighted by atomic mass is 9.94. The zero-order valence-corrected chi connectivity index (χ0v) is 12.4. The van der Waals surface area contributed by atoms with Crippen molar-refractivity contribution in [1.82, 2.24) is 5.43 Å². The maximum Gasteiger partial charge on any atom is 0.244 e. The number of hydrazone groups is 1. The number of fused-ring (bicyclic) bond motifs is 1. The first kappa shape index (κ1) is 14.3. The molecule has 1 aromatic carbocycles. The van der Waals surface area contributed by atoms with Crippen LogP contribution in [0.1, 0.15) is 25.8 Å². The molecule has 3 rings (SSSR count). The highest BCUT2D eigenvalue weighted by molar-refractivity contribution is 6.09. The van der Waals surface area contributed by atoms with Gasteiger partial charge in [0, 0.05) is 17.5 Å². The van der Waals surface area contributed by atoms with Crippen molar-refractivity contribution in [2.75, 3.05) is 5.32 Å². The second-order valence-electron chi connectivity index (χ2n) is 6.19. The minimum Gasteiger partial charge on any atom is -0.325 e. The smallest absolute Gasteiger partial charge is 0.244 e. The SMILES string of the molecule is CC(C)(C#N)C(=O)Nc1ccc(C2=NNC(=O)C3CC23)cc1. The Morgan fingerprint density at radius 3 is 2.68 bits per heavy atom. The molecule has 1 aliphatic carbocycles. The van der Waals surface area contributed by atoms with E-state index in [2.05, 4.69) is 15.8 Å². The van der Waals surface area contributed by atoms with Gasteiger partial charge in [-0.1, -0.05) is 12.1 Å². The minimum absolute atomic E-state index is 0.00336. The van der Waals surface area contributed by atoms with Gasteiger partial charge in [-0.3, -0.25) is 9.59 Å². The van der Waals surface area contributed by atoms with Crippen LogP contribution in [0.5, 0.6) is 0 Å². The number of hydrogen-bond acceptors (Lipinski definition) is 4. The number of amides is 2. The zero-order chi connectivity index (χ0) is 15.9. The van der Waals surface area contributed by atoms with Gasteiger partial charge in [0.25, 0.3) is 0 Å². The molecule has 2 amide bonds. The van der Waals surface area contributed by atoms with Crippen LogP contribution in [0, 0.1) is 28.6 Å². The van der Waals surface area contributed by atoms with Crippen LogP contribution < -0.4 is 10.7 Å². The fourth-order valence-corrected chi connectivity index (χ4v) is 2.41. The molecule has 1 aromatic rings. The fraction of sp³-hybridized carbons (Fsp3) is 0.375. The van der Waals surface area contributed by atoms with Gasteiger partial charge in [0.1, 0.15) is 5.41 Å². The van der Waals surface area contributed by atoms with Crippen molar-refractivity contribution in [2.45, 2.75) is 20.3 Å². The lowest BCUT2D eigenvalue weighted by Crippen LogP contribution is -2.29. The second kappa shape index (κ2) is 4.95. The number of nitrogens with zero attached hydrogens (tertiary/aromatic N) is 2. The van der Waals surface area contributed by atoms with Crippen LogP contribution in [0.3, 0.4) is 0 Å². The number of anilines is 1. The largest absolute Gasteiger partial charge is 0.325 e. The molecular weight excluding hydrogens is 280 g/mol. The topological polar surface area (TPSA) is 94.3 Å². The minimum atomic E-state index is -1.07. The predicted octanol–water partition coefficient (Wildman–Crippen LogP) is 1.64. The third-order valence-electron chi connectivity index (χ3n) is 4.05. The quantitative estimate of drug-likeness (QED) is 0.887. The second-order valence-corrected chi connectivity index (χ2v) is 6.19. The highest BCUT2D eigenvalue weighted by Crippen LogP contribution is 2.43. The summed E-state index contributed by atoms with van der Waals surface area (Å²) in [5.74, 6) is -0.0707.